The maximum atomic E-state index is 11.5. The number of alkyl halides is 1. The quantitative estimate of drug-likeness (QED) is 0.660. The van der Waals surface area contributed by atoms with E-state index in [0.717, 1.165) is 10.6 Å². The van der Waals surface area contributed by atoms with E-state index in [4.69, 9.17) is 16.4 Å². The molecule has 2 aromatic rings. The Hall–Kier alpha value is -2.50. The van der Waals surface area contributed by atoms with Crippen molar-refractivity contribution in [3.8, 4) is 0 Å². The summed E-state index contributed by atoms with van der Waals surface area (Å²) in [6.07, 6.45) is 0. The number of carbonyl (C=O) groups is 1. The molecule has 0 radical (unpaired) electrons. The van der Waals surface area contributed by atoms with Crippen molar-refractivity contribution in [1.29, 1.82) is 0 Å². The topological polar surface area (TPSA) is 70.0 Å². The van der Waals surface area contributed by atoms with E-state index >= 15 is 0 Å². The predicted molar refractivity (Wildman–Crippen MR) is 85.3 cm³/mol. The number of hydroxylamine groups is 2. The molecule has 0 fully saturated rings. The van der Waals surface area contributed by atoms with Crippen LogP contribution in [0.1, 0.15) is 22.2 Å². The van der Waals surface area contributed by atoms with Crippen molar-refractivity contribution in [1.82, 2.24) is 5.06 Å². The molecule has 6 heteroatoms. The maximum Gasteiger partial charge on any atom is 0.358 e. The van der Waals surface area contributed by atoms with Gasteiger partial charge in [-0.05, 0) is 5.56 Å². The lowest BCUT2D eigenvalue weighted by Gasteiger charge is -2.33. The average molecular weight is 332 g/mol. The summed E-state index contributed by atoms with van der Waals surface area (Å²) in [5.74, 6) is -1.67. The summed E-state index contributed by atoms with van der Waals surface area (Å²) in [5, 5.41) is 20.8. The molecule has 1 aliphatic rings. The number of hydrogen-bond donors (Lipinski definition) is 2. The number of aliphatic hydroxyl groups excluding tert-OH is 1. The highest BCUT2D eigenvalue weighted by Crippen LogP contribution is 2.40. The van der Waals surface area contributed by atoms with Crippen LogP contribution < -0.4 is 0 Å². The van der Waals surface area contributed by atoms with E-state index in [1.165, 1.54) is 0 Å². The lowest BCUT2D eigenvalue weighted by atomic mass is 10.0. The minimum Gasteiger partial charge on any atom is -0.505 e. The van der Waals surface area contributed by atoms with Crippen LogP contribution in [0.25, 0.3) is 5.76 Å². The molecule has 0 aromatic heterocycles. The molecule has 0 aliphatic carbocycles. The van der Waals surface area contributed by atoms with Crippen molar-refractivity contribution in [3.63, 3.8) is 0 Å². The highest BCUT2D eigenvalue weighted by Gasteiger charge is 2.36. The summed E-state index contributed by atoms with van der Waals surface area (Å²) in [7, 11) is 0. The summed E-state index contributed by atoms with van der Waals surface area (Å²) in [6.45, 7) is 0.135. The number of fused-ring (bicyclic) bond motifs is 1. The van der Waals surface area contributed by atoms with Gasteiger partial charge in [-0.2, -0.15) is 0 Å². The van der Waals surface area contributed by atoms with Crippen LogP contribution in [0, 0.1) is 0 Å². The molecule has 1 unspecified atom stereocenters. The third-order valence-electron chi connectivity index (χ3n) is 3.54. The van der Waals surface area contributed by atoms with Crippen molar-refractivity contribution < 1.29 is 19.8 Å². The van der Waals surface area contributed by atoms with Crippen LogP contribution in [0.5, 0.6) is 0 Å². The van der Waals surface area contributed by atoms with E-state index in [1.54, 1.807) is 24.3 Å². The van der Waals surface area contributed by atoms with Gasteiger partial charge in [0.05, 0.1) is 0 Å². The third kappa shape index (κ3) is 2.88. The second kappa shape index (κ2) is 6.32. The molecule has 5 nitrogen and oxygen atoms in total. The Morgan fingerprint density at radius 1 is 1.13 bits per heavy atom. The minimum absolute atomic E-state index is 0.135. The van der Waals surface area contributed by atoms with Crippen LogP contribution in [0.3, 0.4) is 0 Å². The number of halogens is 1. The van der Waals surface area contributed by atoms with Gasteiger partial charge in [-0.1, -0.05) is 66.2 Å². The Morgan fingerprint density at radius 3 is 2.48 bits per heavy atom. The first-order valence-electron chi connectivity index (χ1n) is 6.95. The lowest BCUT2D eigenvalue weighted by Crippen LogP contribution is -2.34. The Kier molecular flexibility index (Phi) is 4.23. The van der Waals surface area contributed by atoms with Gasteiger partial charge in [-0.25, -0.2) is 9.86 Å². The smallest absolute Gasteiger partial charge is 0.358 e. The number of carboxylic acids is 1. The standard InChI is InChI=1S/C17H14ClNO4/c18-16-13-9-5-4-8-12(13)15(20)14(17(21)22)19(16)23-10-11-6-2-1-3-7-11/h1-9,16,20H,10H2,(H,21,22). The van der Waals surface area contributed by atoms with Crippen LogP contribution >= 0.6 is 11.6 Å². The molecule has 1 atom stereocenters. The molecule has 1 heterocycles. The number of rotatable bonds is 4. The normalized spacial score (nSPS) is 17.1. The summed E-state index contributed by atoms with van der Waals surface area (Å²) in [4.78, 5) is 17.1. The van der Waals surface area contributed by atoms with Crippen molar-refractivity contribution in [2.45, 2.75) is 12.1 Å². The number of carboxylic acid groups (broad SMARTS) is 1. The molecule has 23 heavy (non-hydrogen) atoms. The van der Waals surface area contributed by atoms with E-state index in [0.29, 0.717) is 11.1 Å². The number of aliphatic carboxylic acids is 1. The fraction of sp³-hybridized carbons (Fsp3) is 0.118. The van der Waals surface area contributed by atoms with E-state index in [2.05, 4.69) is 0 Å². The zero-order chi connectivity index (χ0) is 16.4. The number of benzene rings is 2. The zero-order valence-corrected chi connectivity index (χ0v) is 12.8. The summed E-state index contributed by atoms with van der Waals surface area (Å²) >= 11 is 6.38. The van der Waals surface area contributed by atoms with Gasteiger partial charge in [-0.15, -0.1) is 0 Å². The van der Waals surface area contributed by atoms with Gasteiger partial charge in [0.1, 0.15) is 6.61 Å². The third-order valence-corrected chi connectivity index (χ3v) is 3.95. The molecule has 3 rings (SSSR count). The number of nitrogens with zero attached hydrogens (tertiary/aromatic N) is 1. The zero-order valence-electron chi connectivity index (χ0n) is 12.0. The highest BCUT2D eigenvalue weighted by atomic mass is 35.5. The first-order valence-corrected chi connectivity index (χ1v) is 7.39. The van der Waals surface area contributed by atoms with Crippen LogP contribution in [-0.2, 0) is 16.2 Å². The van der Waals surface area contributed by atoms with E-state index < -0.39 is 11.5 Å². The van der Waals surface area contributed by atoms with Crippen molar-refractivity contribution in [2.24, 2.45) is 0 Å². The molecular formula is C17H14ClNO4. The monoisotopic (exact) mass is 331 g/mol. The Bertz CT molecular complexity index is 760. The minimum atomic E-state index is -1.31. The summed E-state index contributed by atoms with van der Waals surface area (Å²) in [6, 6.07) is 16.1. The summed E-state index contributed by atoms with van der Waals surface area (Å²) < 4.78 is 0. The van der Waals surface area contributed by atoms with Gasteiger partial charge in [0, 0.05) is 11.1 Å². The molecule has 0 amide bonds. The Balaban J connectivity index is 1.95. The largest absolute Gasteiger partial charge is 0.505 e. The van der Waals surface area contributed by atoms with Gasteiger partial charge in [0.25, 0.3) is 0 Å². The number of hydrogen-bond acceptors (Lipinski definition) is 4. The van der Waals surface area contributed by atoms with Crippen LogP contribution in [0.4, 0.5) is 0 Å². The van der Waals surface area contributed by atoms with Gasteiger partial charge in [0.2, 0.25) is 0 Å². The van der Waals surface area contributed by atoms with Crippen LogP contribution in [-0.4, -0.2) is 21.2 Å². The first kappa shape index (κ1) is 15.4. The number of aliphatic hydroxyl groups is 1. The Labute approximate surface area is 137 Å². The molecule has 1 aliphatic heterocycles. The van der Waals surface area contributed by atoms with Crippen molar-refractivity contribution in [3.05, 3.63) is 77.0 Å². The Morgan fingerprint density at radius 2 is 1.78 bits per heavy atom. The fourth-order valence-corrected chi connectivity index (χ4v) is 2.78. The van der Waals surface area contributed by atoms with Crippen LogP contribution in [0.15, 0.2) is 60.3 Å². The van der Waals surface area contributed by atoms with Gasteiger partial charge in [0.15, 0.2) is 17.0 Å². The maximum absolute atomic E-state index is 11.5. The SMILES string of the molecule is O=C(O)C1=C(O)c2ccccc2C(Cl)N1OCc1ccccc1. The highest BCUT2D eigenvalue weighted by molar-refractivity contribution is 6.21. The van der Waals surface area contributed by atoms with Gasteiger partial charge in [-0.3, -0.25) is 4.84 Å². The first-order chi connectivity index (χ1) is 11.1. The van der Waals surface area contributed by atoms with Crippen molar-refractivity contribution >= 4 is 23.3 Å². The molecule has 2 N–H and O–H groups in total. The fourth-order valence-electron chi connectivity index (χ4n) is 2.44. The molecule has 2 aromatic carbocycles. The van der Waals surface area contributed by atoms with E-state index in [9.17, 15) is 15.0 Å². The molecular weight excluding hydrogens is 318 g/mol. The van der Waals surface area contributed by atoms with Gasteiger partial charge < -0.3 is 10.2 Å². The van der Waals surface area contributed by atoms with Crippen LogP contribution in [0.2, 0.25) is 0 Å². The van der Waals surface area contributed by atoms with Crippen molar-refractivity contribution in [2.75, 3.05) is 0 Å². The molecule has 0 saturated heterocycles. The van der Waals surface area contributed by atoms with E-state index in [1.807, 2.05) is 30.3 Å². The van der Waals surface area contributed by atoms with Gasteiger partial charge >= 0.3 is 5.97 Å². The predicted octanol–water partition coefficient (Wildman–Crippen LogP) is 3.68. The second-order valence-electron chi connectivity index (χ2n) is 5.01. The molecule has 0 saturated carbocycles. The van der Waals surface area contributed by atoms with E-state index in [-0.39, 0.29) is 18.1 Å². The molecule has 0 spiro atoms. The second-order valence-corrected chi connectivity index (χ2v) is 5.42. The lowest BCUT2D eigenvalue weighted by molar-refractivity contribution is -0.171. The molecule has 118 valence electrons. The summed E-state index contributed by atoms with van der Waals surface area (Å²) in [5.41, 5.74) is 0.616. The molecule has 0 bridgehead atoms. The average Bonchev–Trinajstić information content (AvgIpc) is 2.57.